The highest BCUT2D eigenvalue weighted by atomic mass is 28.3. The monoisotopic (exact) mass is 232 g/mol. The van der Waals surface area contributed by atoms with Crippen molar-refractivity contribution in [1.29, 1.82) is 0 Å². The third-order valence-corrected chi connectivity index (χ3v) is 5.22. The maximum Gasteiger partial charge on any atom is 0.124 e. The molecular weight excluding hydrogens is 212 g/mol. The molecule has 0 unspecified atom stereocenters. The Kier molecular flexibility index (Phi) is 2.78. The summed E-state index contributed by atoms with van der Waals surface area (Å²) in [6.07, 6.45) is 1.08. The molecule has 2 heteroatoms. The van der Waals surface area contributed by atoms with Gasteiger partial charge in [0.25, 0.3) is 0 Å². The van der Waals surface area contributed by atoms with Crippen LogP contribution < -0.4 is 0 Å². The summed E-state index contributed by atoms with van der Waals surface area (Å²) in [6, 6.07) is 8.64. The minimum Gasteiger partial charge on any atom is -0.305 e. The Labute approximate surface area is 98.9 Å². The topological polar surface area (TPSA) is 17.1 Å². The lowest BCUT2D eigenvalue weighted by Crippen LogP contribution is -2.35. The quantitative estimate of drug-likeness (QED) is 0.728. The molecule has 0 bridgehead atoms. The van der Waals surface area contributed by atoms with Crippen LogP contribution in [0.25, 0.3) is 0 Å². The fraction of sp³-hybridized carbons (Fsp3) is 0.500. The second kappa shape index (κ2) is 3.84. The van der Waals surface area contributed by atoms with E-state index in [4.69, 9.17) is 0 Å². The van der Waals surface area contributed by atoms with E-state index < -0.39 is 8.07 Å². The van der Waals surface area contributed by atoms with Gasteiger partial charge in [-0.3, -0.25) is 0 Å². The van der Waals surface area contributed by atoms with Crippen LogP contribution in [0.2, 0.25) is 19.6 Å². The van der Waals surface area contributed by atoms with Crippen LogP contribution in [-0.2, 0) is 4.79 Å². The van der Waals surface area contributed by atoms with Crippen LogP contribution in [0.1, 0.15) is 23.5 Å². The molecule has 1 saturated carbocycles. The van der Waals surface area contributed by atoms with E-state index in [-0.39, 0.29) is 0 Å². The summed E-state index contributed by atoms with van der Waals surface area (Å²) in [5.74, 6) is 0.842. The van der Waals surface area contributed by atoms with Gasteiger partial charge in [-0.05, 0) is 24.8 Å². The summed E-state index contributed by atoms with van der Waals surface area (Å²) in [6.45, 7) is 8.56. The highest BCUT2D eigenvalue weighted by Gasteiger charge is 2.47. The molecule has 1 nitrogen and oxygen atoms in total. The highest BCUT2D eigenvalue weighted by molar-refractivity contribution is 7.03. The van der Waals surface area contributed by atoms with Crippen molar-refractivity contribution in [2.45, 2.75) is 38.9 Å². The lowest BCUT2D eigenvalue weighted by molar-refractivity contribution is -0.113. The predicted molar refractivity (Wildman–Crippen MR) is 70.4 cm³/mol. The number of carbonyl (C=O) groups excluding carboxylic acids is 1. The number of carbonyl (C=O) groups is 1. The zero-order valence-corrected chi connectivity index (χ0v) is 11.6. The standard InChI is InChI=1S/C14H20OSi/c1-10-5-7-11(8-6-10)12-9-13(12)14(15)16(2,3)4/h5-8,12-13H,9H2,1-4H3/t12-,13+/m1/s1. The first-order chi connectivity index (χ1) is 7.39. The fourth-order valence-electron chi connectivity index (χ4n) is 2.22. The van der Waals surface area contributed by atoms with Crippen molar-refractivity contribution < 1.29 is 4.79 Å². The van der Waals surface area contributed by atoms with Gasteiger partial charge < -0.3 is 4.79 Å². The highest BCUT2D eigenvalue weighted by Crippen LogP contribution is 2.49. The van der Waals surface area contributed by atoms with Crippen molar-refractivity contribution >= 4 is 13.5 Å². The number of rotatable bonds is 3. The van der Waals surface area contributed by atoms with Crippen LogP contribution in [0, 0.1) is 12.8 Å². The zero-order chi connectivity index (χ0) is 11.9. The first-order valence-corrected chi connectivity index (χ1v) is 9.50. The van der Waals surface area contributed by atoms with E-state index in [1.54, 1.807) is 0 Å². The molecule has 0 aromatic heterocycles. The van der Waals surface area contributed by atoms with Crippen molar-refractivity contribution in [2.75, 3.05) is 0 Å². The number of aryl methyl sites for hydroxylation is 1. The first-order valence-electron chi connectivity index (χ1n) is 6.00. The second-order valence-electron chi connectivity index (χ2n) is 5.97. The van der Waals surface area contributed by atoms with Crippen molar-refractivity contribution in [3.8, 4) is 0 Å². The molecule has 1 fully saturated rings. The average molecular weight is 232 g/mol. The van der Waals surface area contributed by atoms with Crippen molar-refractivity contribution in [2.24, 2.45) is 5.92 Å². The Hall–Kier alpha value is -0.893. The summed E-state index contributed by atoms with van der Waals surface area (Å²) < 4.78 is 0. The van der Waals surface area contributed by atoms with Crippen LogP contribution in [-0.4, -0.2) is 13.5 Å². The lowest BCUT2D eigenvalue weighted by atomic mass is 10.1. The van der Waals surface area contributed by atoms with Gasteiger partial charge in [-0.25, -0.2) is 0 Å². The number of hydrogen-bond donors (Lipinski definition) is 0. The summed E-state index contributed by atoms with van der Waals surface area (Å²) in [7, 11) is -1.59. The van der Waals surface area contributed by atoms with Crippen molar-refractivity contribution in [3.63, 3.8) is 0 Å². The van der Waals surface area contributed by atoms with E-state index >= 15 is 0 Å². The normalized spacial score (nSPS) is 24.2. The molecule has 0 heterocycles. The van der Waals surface area contributed by atoms with Crippen LogP contribution in [0.15, 0.2) is 24.3 Å². The molecule has 0 N–H and O–H groups in total. The third kappa shape index (κ3) is 2.27. The molecule has 2 rings (SSSR count). The van der Waals surface area contributed by atoms with Gasteiger partial charge in [-0.2, -0.15) is 0 Å². The maximum atomic E-state index is 12.1. The summed E-state index contributed by atoms with van der Waals surface area (Å²) in [4.78, 5) is 12.1. The van der Waals surface area contributed by atoms with Crippen molar-refractivity contribution in [3.05, 3.63) is 35.4 Å². The molecule has 0 saturated heterocycles. The number of benzene rings is 1. The average Bonchev–Trinajstić information content (AvgIpc) is 2.96. The molecule has 2 atom stereocenters. The van der Waals surface area contributed by atoms with Crippen molar-refractivity contribution in [1.82, 2.24) is 0 Å². The molecule has 16 heavy (non-hydrogen) atoms. The SMILES string of the molecule is Cc1ccc([C@H]2C[C@@H]2C(=O)[Si](C)(C)C)cc1. The number of hydrogen-bond acceptors (Lipinski definition) is 1. The van der Waals surface area contributed by atoms with Gasteiger partial charge in [0.2, 0.25) is 0 Å². The maximum absolute atomic E-state index is 12.1. The molecule has 86 valence electrons. The Balaban J connectivity index is 2.07. The third-order valence-electron chi connectivity index (χ3n) is 3.37. The Morgan fingerprint density at radius 2 is 1.75 bits per heavy atom. The molecule has 0 amide bonds. The van der Waals surface area contributed by atoms with Crippen LogP contribution >= 0.6 is 0 Å². The minimum atomic E-state index is -1.59. The van der Waals surface area contributed by atoms with E-state index in [1.165, 1.54) is 11.1 Å². The summed E-state index contributed by atoms with van der Waals surface area (Å²) in [5, 5.41) is 0.554. The van der Waals surface area contributed by atoms with Gasteiger partial charge in [-0.15, -0.1) is 0 Å². The molecule has 1 aliphatic rings. The predicted octanol–water partition coefficient (Wildman–Crippen LogP) is 3.55. The summed E-state index contributed by atoms with van der Waals surface area (Å²) in [5.41, 5.74) is 2.64. The molecule has 0 spiro atoms. The molecule has 0 aliphatic heterocycles. The second-order valence-corrected chi connectivity index (χ2v) is 11.0. The fourth-order valence-corrected chi connectivity index (χ4v) is 3.65. The zero-order valence-electron chi connectivity index (χ0n) is 10.6. The minimum absolute atomic E-state index is 0.328. The van der Waals surface area contributed by atoms with Gasteiger partial charge in [0, 0.05) is 5.92 Å². The van der Waals surface area contributed by atoms with E-state index in [1.807, 2.05) is 0 Å². The smallest absolute Gasteiger partial charge is 0.124 e. The van der Waals surface area contributed by atoms with E-state index in [2.05, 4.69) is 50.8 Å². The van der Waals surface area contributed by atoms with E-state index in [0.29, 0.717) is 17.2 Å². The molecule has 0 radical (unpaired) electrons. The molecule has 1 aliphatic carbocycles. The molecule has 1 aromatic rings. The van der Waals surface area contributed by atoms with Crippen LogP contribution in [0.3, 0.4) is 0 Å². The van der Waals surface area contributed by atoms with Gasteiger partial charge in [-0.1, -0.05) is 49.5 Å². The van der Waals surface area contributed by atoms with Crippen LogP contribution in [0.5, 0.6) is 0 Å². The van der Waals surface area contributed by atoms with E-state index in [0.717, 1.165) is 6.42 Å². The largest absolute Gasteiger partial charge is 0.305 e. The first kappa shape index (κ1) is 11.6. The van der Waals surface area contributed by atoms with Gasteiger partial charge in [0.15, 0.2) is 0 Å². The lowest BCUT2D eigenvalue weighted by Gasteiger charge is -2.13. The van der Waals surface area contributed by atoms with Gasteiger partial charge >= 0.3 is 0 Å². The summed E-state index contributed by atoms with van der Waals surface area (Å²) >= 11 is 0. The Morgan fingerprint density at radius 1 is 1.19 bits per heavy atom. The van der Waals surface area contributed by atoms with E-state index in [9.17, 15) is 4.79 Å². The molecule has 1 aromatic carbocycles. The molecular formula is C14H20OSi. The van der Waals surface area contributed by atoms with Crippen LogP contribution in [0.4, 0.5) is 0 Å². The Bertz CT molecular complexity index is 400. The van der Waals surface area contributed by atoms with Gasteiger partial charge in [0.05, 0.1) is 0 Å². The Morgan fingerprint density at radius 3 is 2.25 bits per heavy atom. The van der Waals surface area contributed by atoms with Gasteiger partial charge in [0.1, 0.15) is 13.5 Å².